The molecule has 0 bridgehead atoms. The average Bonchev–Trinajstić information content (AvgIpc) is 3.41. The van der Waals surface area contributed by atoms with Gasteiger partial charge < -0.3 is 9.80 Å². The number of carbonyl (C=O) groups is 1. The number of hydrazone groups is 1. The SMILES string of the molecule is O=C(CSc1ccnc2ccc(N3CCN(c4ncccn4)CC3)cc12)N/N=C/c1cccs1. The molecule has 1 N–H and O–H groups in total. The summed E-state index contributed by atoms with van der Waals surface area (Å²) in [6, 6.07) is 14.0. The Kier molecular flexibility index (Phi) is 6.97. The summed E-state index contributed by atoms with van der Waals surface area (Å²) in [5, 5.41) is 7.05. The van der Waals surface area contributed by atoms with Crippen LogP contribution in [0.3, 0.4) is 0 Å². The van der Waals surface area contributed by atoms with Crippen LogP contribution in [0.1, 0.15) is 4.88 Å². The van der Waals surface area contributed by atoms with E-state index in [-0.39, 0.29) is 11.7 Å². The highest BCUT2D eigenvalue weighted by atomic mass is 32.2. The molecular weight excluding hydrogens is 466 g/mol. The second-order valence-corrected chi connectivity index (χ2v) is 9.63. The minimum absolute atomic E-state index is 0.141. The fraction of sp³-hybridized carbons (Fsp3) is 0.208. The third-order valence-corrected chi connectivity index (χ3v) is 7.33. The first-order valence-corrected chi connectivity index (χ1v) is 12.8. The lowest BCUT2D eigenvalue weighted by Gasteiger charge is -2.36. The molecular formula is C24H23N7OS2. The van der Waals surface area contributed by atoms with Gasteiger partial charge in [-0.05, 0) is 41.8 Å². The number of pyridine rings is 1. The van der Waals surface area contributed by atoms with E-state index in [2.05, 4.69) is 47.4 Å². The number of nitrogens with zero attached hydrogens (tertiary/aromatic N) is 6. The maximum absolute atomic E-state index is 12.3. The summed E-state index contributed by atoms with van der Waals surface area (Å²) in [7, 11) is 0. The summed E-state index contributed by atoms with van der Waals surface area (Å²) in [6.45, 7) is 3.50. The largest absolute Gasteiger partial charge is 0.368 e. The summed E-state index contributed by atoms with van der Waals surface area (Å²) in [5.74, 6) is 0.917. The quantitative estimate of drug-likeness (QED) is 0.241. The van der Waals surface area contributed by atoms with Crippen LogP contribution in [0.2, 0.25) is 0 Å². The molecule has 1 aliphatic heterocycles. The number of nitrogens with one attached hydrogen (secondary N) is 1. The standard InChI is InChI=1S/C24H23N7OS2/c32-23(29-28-16-19-3-1-14-33-19)17-34-22-6-9-25-21-5-4-18(15-20(21)22)30-10-12-31(13-11-30)24-26-7-2-8-27-24/h1-9,14-16H,10-13,17H2,(H,29,32)/b28-16+. The van der Waals surface area contributed by atoms with Gasteiger partial charge in [0.25, 0.3) is 0 Å². The van der Waals surface area contributed by atoms with Gasteiger partial charge in [0.05, 0.1) is 17.5 Å². The fourth-order valence-electron chi connectivity index (χ4n) is 3.76. The number of benzene rings is 1. The lowest BCUT2D eigenvalue weighted by atomic mass is 10.1. The van der Waals surface area contributed by atoms with Gasteiger partial charge in [0.15, 0.2) is 0 Å². The van der Waals surface area contributed by atoms with Crippen molar-refractivity contribution in [1.82, 2.24) is 20.4 Å². The Morgan fingerprint density at radius 2 is 1.85 bits per heavy atom. The fourth-order valence-corrected chi connectivity index (χ4v) is 5.17. The second kappa shape index (κ2) is 10.6. The molecule has 3 aromatic heterocycles. The summed E-state index contributed by atoms with van der Waals surface area (Å²) in [6.07, 6.45) is 7.00. The van der Waals surface area contributed by atoms with Crippen LogP contribution in [0.25, 0.3) is 10.9 Å². The number of hydrogen-bond donors (Lipinski definition) is 1. The molecule has 172 valence electrons. The van der Waals surface area contributed by atoms with E-state index in [0.717, 1.165) is 58.5 Å². The minimum atomic E-state index is -0.141. The molecule has 34 heavy (non-hydrogen) atoms. The lowest BCUT2D eigenvalue weighted by Crippen LogP contribution is -2.47. The molecule has 0 saturated carbocycles. The van der Waals surface area contributed by atoms with Crippen molar-refractivity contribution in [2.75, 3.05) is 41.7 Å². The number of hydrogen-bond acceptors (Lipinski definition) is 9. The number of piperazine rings is 1. The summed E-state index contributed by atoms with van der Waals surface area (Å²) in [4.78, 5) is 32.1. The highest BCUT2D eigenvalue weighted by Crippen LogP contribution is 2.30. The van der Waals surface area contributed by atoms with E-state index in [0.29, 0.717) is 0 Å². The van der Waals surface area contributed by atoms with E-state index >= 15 is 0 Å². The first kappa shape index (κ1) is 22.3. The van der Waals surface area contributed by atoms with Gasteiger partial charge in [-0.3, -0.25) is 9.78 Å². The van der Waals surface area contributed by atoms with Gasteiger partial charge in [-0.15, -0.1) is 23.1 Å². The van der Waals surface area contributed by atoms with Crippen LogP contribution in [0.15, 0.2) is 76.4 Å². The number of fused-ring (bicyclic) bond motifs is 1. The van der Waals surface area contributed by atoms with Gasteiger partial charge in [-0.2, -0.15) is 5.10 Å². The molecule has 8 nitrogen and oxygen atoms in total. The molecule has 1 saturated heterocycles. The second-order valence-electron chi connectivity index (χ2n) is 7.63. The smallest absolute Gasteiger partial charge is 0.250 e. The minimum Gasteiger partial charge on any atom is -0.368 e. The number of thiophene rings is 1. The predicted molar refractivity (Wildman–Crippen MR) is 139 cm³/mol. The Hall–Kier alpha value is -3.50. The number of aromatic nitrogens is 3. The lowest BCUT2D eigenvalue weighted by molar-refractivity contribution is -0.118. The van der Waals surface area contributed by atoms with Crippen LogP contribution in [0.4, 0.5) is 11.6 Å². The third-order valence-electron chi connectivity index (χ3n) is 5.45. The first-order chi connectivity index (χ1) is 16.8. The van der Waals surface area contributed by atoms with E-state index in [1.165, 1.54) is 11.8 Å². The zero-order valence-corrected chi connectivity index (χ0v) is 20.0. The van der Waals surface area contributed by atoms with Crippen LogP contribution in [-0.2, 0) is 4.79 Å². The Bertz CT molecular complexity index is 1270. The van der Waals surface area contributed by atoms with Gasteiger partial charge in [0.1, 0.15) is 0 Å². The van der Waals surface area contributed by atoms with Crippen molar-refractivity contribution in [3.8, 4) is 0 Å². The first-order valence-electron chi connectivity index (χ1n) is 10.9. The molecule has 4 heterocycles. The average molecular weight is 490 g/mol. The normalized spacial score (nSPS) is 14.1. The molecule has 0 aliphatic carbocycles. The molecule has 5 rings (SSSR count). The number of rotatable bonds is 7. The molecule has 1 fully saturated rings. The van der Waals surface area contributed by atoms with Crippen molar-refractivity contribution in [2.45, 2.75) is 4.90 Å². The molecule has 0 unspecified atom stereocenters. The number of amides is 1. The Labute approximate surface area is 205 Å². The van der Waals surface area contributed by atoms with Crippen LogP contribution in [0, 0.1) is 0 Å². The van der Waals surface area contributed by atoms with Crippen molar-refractivity contribution >= 4 is 57.8 Å². The maximum Gasteiger partial charge on any atom is 0.250 e. The molecule has 1 aromatic carbocycles. The Balaban J connectivity index is 1.23. The van der Waals surface area contributed by atoms with Crippen molar-refractivity contribution in [1.29, 1.82) is 0 Å². The maximum atomic E-state index is 12.3. The van der Waals surface area contributed by atoms with Gasteiger partial charge in [-0.25, -0.2) is 15.4 Å². The third kappa shape index (κ3) is 5.35. The summed E-state index contributed by atoms with van der Waals surface area (Å²) < 4.78 is 0. The monoisotopic (exact) mass is 489 g/mol. The topological polar surface area (TPSA) is 86.6 Å². The zero-order chi connectivity index (χ0) is 23.2. The highest BCUT2D eigenvalue weighted by molar-refractivity contribution is 8.00. The molecule has 0 atom stereocenters. The van der Waals surface area contributed by atoms with Crippen LogP contribution >= 0.6 is 23.1 Å². The Morgan fingerprint density at radius 3 is 2.65 bits per heavy atom. The summed E-state index contributed by atoms with van der Waals surface area (Å²) in [5.41, 5.74) is 4.67. The molecule has 1 aliphatic rings. The van der Waals surface area contributed by atoms with Gasteiger partial charge >= 0.3 is 0 Å². The van der Waals surface area contributed by atoms with E-state index in [1.807, 2.05) is 35.7 Å². The van der Waals surface area contributed by atoms with Crippen LogP contribution < -0.4 is 15.2 Å². The van der Waals surface area contributed by atoms with Crippen molar-refractivity contribution in [3.05, 3.63) is 71.3 Å². The van der Waals surface area contributed by atoms with E-state index in [4.69, 9.17) is 0 Å². The molecule has 0 radical (unpaired) electrons. The number of carbonyl (C=O) groups excluding carboxylic acids is 1. The van der Waals surface area contributed by atoms with Crippen LogP contribution in [0.5, 0.6) is 0 Å². The van der Waals surface area contributed by atoms with Gasteiger partial charge in [-0.1, -0.05) is 6.07 Å². The van der Waals surface area contributed by atoms with Gasteiger partial charge in [0, 0.05) is 65.6 Å². The van der Waals surface area contributed by atoms with Gasteiger partial charge in [0.2, 0.25) is 11.9 Å². The molecule has 0 spiro atoms. The highest BCUT2D eigenvalue weighted by Gasteiger charge is 2.19. The van der Waals surface area contributed by atoms with Crippen molar-refractivity contribution in [2.24, 2.45) is 5.10 Å². The van der Waals surface area contributed by atoms with Crippen LogP contribution in [-0.4, -0.2) is 59.0 Å². The van der Waals surface area contributed by atoms with E-state index < -0.39 is 0 Å². The predicted octanol–water partition coefficient (Wildman–Crippen LogP) is 3.66. The molecule has 10 heteroatoms. The van der Waals surface area contributed by atoms with Crippen molar-refractivity contribution in [3.63, 3.8) is 0 Å². The molecule has 1 amide bonds. The molecule has 4 aromatic rings. The summed E-state index contributed by atoms with van der Waals surface area (Å²) >= 11 is 3.06. The number of thioether (sulfide) groups is 1. The van der Waals surface area contributed by atoms with E-state index in [1.54, 1.807) is 36.1 Å². The number of anilines is 2. The van der Waals surface area contributed by atoms with Crippen molar-refractivity contribution < 1.29 is 4.79 Å². The Morgan fingerprint density at radius 1 is 1.03 bits per heavy atom. The van der Waals surface area contributed by atoms with E-state index in [9.17, 15) is 4.79 Å². The zero-order valence-electron chi connectivity index (χ0n) is 18.4.